The minimum absolute atomic E-state index is 0.408. The third kappa shape index (κ3) is 3.15. The van der Waals surface area contributed by atoms with Gasteiger partial charge in [-0.05, 0) is 70.8 Å². The molecule has 0 aliphatic heterocycles. The van der Waals surface area contributed by atoms with Crippen LogP contribution in [0.1, 0.15) is 29.9 Å². The molecule has 4 aromatic rings. The second kappa shape index (κ2) is 7.91. The van der Waals surface area contributed by atoms with Gasteiger partial charge in [0.1, 0.15) is 17.2 Å². The minimum atomic E-state index is 0.408. The Morgan fingerprint density at radius 2 is 1.63 bits per heavy atom. The second-order valence-electron chi connectivity index (χ2n) is 7.90. The van der Waals surface area contributed by atoms with Crippen molar-refractivity contribution in [2.75, 3.05) is 20.8 Å². The molecule has 1 aliphatic rings. The van der Waals surface area contributed by atoms with E-state index in [2.05, 4.69) is 30.3 Å². The summed E-state index contributed by atoms with van der Waals surface area (Å²) in [7, 11) is 3.45. The van der Waals surface area contributed by atoms with Gasteiger partial charge in [0.2, 0.25) is 0 Å². The molecule has 3 heteroatoms. The molecule has 152 valence electrons. The van der Waals surface area contributed by atoms with Gasteiger partial charge in [0, 0.05) is 5.92 Å². The highest BCUT2D eigenvalue weighted by atomic mass is 16.5. The topological polar surface area (TPSA) is 27.7 Å². The molecule has 0 amide bonds. The van der Waals surface area contributed by atoms with Crippen molar-refractivity contribution in [2.45, 2.75) is 25.2 Å². The molecule has 0 radical (unpaired) electrons. The summed E-state index contributed by atoms with van der Waals surface area (Å²) in [6, 6.07) is 23.1. The molecule has 0 fully saturated rings. The highest BCUT2D eigenvalue weighted by Crippen LogP contribution is 2.43. The SMILES string of the molecule is COc1cccc2c1c(OC)cc1c3c(ccc12)C(COc1ccccc1)CCC3. The van der Waals surface area contributed by atoms with E-state index in [1.54, 1.807) is 14.2 Å². The van der Waals surface area contributed by atoms with Crippen LogP contribution in [0.4, 0.5) is 0 Å². The van der Waals surface area contributed by atoms with E-state index in [1.165, 1.54) is 33.7 Å². The number of methoxy groups -OCH3 is 2. The second-order valence-corrected chi connectivity index (χ2v) is 7.90. The lowest BCUT2D eigenvalue weighted by molar-refractivity contribution is 0.275. The highest BCUT2D eigenvalue weighted by molar-refractivity contribution is 6.13. The molecule has 0 heterocycles. The van der Waals surface area contributed by atoms with Crippen LogP contribution in [0.3, 0.4) is 0 Å². The van der Waals surface area contributed by atoms with Gasteiger partial charge in [-0.3, -0.25) is 0 Å². The van der Waals surface area contributed by atoms with Gasteiger partial charge in [-0.1, -0.05) is 42.5 Å². The van der Waals surface area contributed by atoms with Crippen LogP contribution in [0.5, 0.6) is 17.2 Å². The Labute approximate surface area is 177 Å². The summed E-state index contributed by atoms with van der Waals surface area (Å²) in [4.78, 5) is 0. The van der Waals surface area contributed by atoms with Gasteiger partial charge in [0.15, 0.2) is 0 Å². The van der Waals surface area contributed by atoms with E-state index in [0.29, 0.717) is 12.5 Å². The molecule has 0 saturated carbocycles. The molecular weight excluding hydrogens is 372 g/mol. The molecule has 4 aromatic carbocycles. The van der Waals surface area contributed by atoms with Crippen LogP contribution in [-0.4, -0.2) is 20.8 Å². The Bertz CT molecular complexity index is 1200. The number of rotatable bonds is 5. The van der Waals surface area contributed by atoms with Crippen LogP contribution in [0.2, 0.25) is 0 Å². The van der Waals surface area contributed by atoms with Crippen molar-refractivity contribution in [1.29, 1.82) is 0 Å². The zero-order chi connectivity index (χ0) is 20.5. The first-order chi connectivity index (χ1) is 14.8. The van der Waals surface area contributed by atoms with Gasteiger partial charge in [-0.2, -0.15) is 0 Å². The Hall–Kier alpha value is -3.20. The van der Waals surface area contributed by atoms with E-state index in [-0.39, 0.29) is 0 Å². The number of para-hydroxylation sites is 1. The third-order valence-corrected chi connectivity index (χ3v) is 6.28. The molecule has 0 N–H and O–H groups in total. The summed E-state index contributed by atoms with van der Waals surface area (Å²) in [6.45, 7) is 0.709. The first-order valence-corrected chi connectivity index (χ1v) is 10.6. The first-order valence-electron chi connectivity index (χ1n) is 10.6. The predicted molar refractivity (Wildman–Crippen MR) is 122 cm³/mol. The normalized spacial score (nSPS) is 15.7. The average molecular weight is 399 g/mol. The Balaban J connectivity index is 1.61. The van der Waals surface area contributed by atoms with Crippen LogP contribution in [0.15, 0.2) is 66.7 Å². The van der Waals surface area contributed by atoms with Gasteiger partial charge in [-0.15, -0.1) is 0 Å². The molecule has 5 rings (SSSR count). The Morgan fingerprint density at radius 1 is 0.800 bits per heavy atom. The molecule has 0 spiro atoms. The number of fused-ring (bicyclic) bond motifs is 5. The highest BCUT2D eigenvalue weighted by Gasteiger charge is 2.24. The quantitative estimate of drug-likeness (QED) is 0.359. The first kappa shape index (κ1) is 18.8. The largest absolute Gasteiger partial charge is 0.496 e. The van der Waals surface area contributed by atoms with Gasteiger partial charge in [-0.25, -0.2) is 0 Å². The summed E-state index contributed by atoms with van der Waals surface area (Å²) in [5.74, 6) is 3.06. The minimum Gasteiger partial charge on any atom is -0.496 e. The number of hydrogen-bond donors (Lipinski definition) is 0. The van der Waals surface area contributed by atoms with Crippen LogP contribution in [0.25, 0.3) is 21.5 Å². The fourth-order valence-corrected chi connectivity index (χ4v) is 4.85. The summed E-state index contributed by atoms with van der Waals surface area (Å²) in [5.41, 5.74) is 2.84. The van der Waals surface area contributed by atoms with E-state index in [1.807, 2.05) is 36.4 Å². The predicted octanol–water partition coefficient (Wildman–Crippen LogP) is 6.51. The van der Waals surface area contributed by atoms with Crippen LogP contribution < -0.4 is 14.2 Å². The van der Waals surface area contributed by atoms with Crippen molar-refractivity contribution in [3.05, 3.63) is 77.9 Å². The lowest BCUT2D eigenvalue weighted by atomic mass is 9.80. The zero-order valence-electron chi connectivity index (χ0n) is 17.5. The van der Waals surface area contributed by atoms with Gasteiger partial charge in [0.05, 0.1) is 26.2 Å². The molecule has 0 saturated heterocycles. The van der Waals surface area contributed by atoms with E-state index in [9.17, 15) is 0 Å². The molecule has 0 bridgehead atoms. The van der Waals surface area contributed by atoms with E-state index in [0.717, 1.165) is 35.5 Å². The lowest BCUT2D eigenvalue weighted by Gasteiger charge is -2.27. The number of hydrogen-bond acceptors (Lipinski definition) is 3. The molecule has 30 heavy (non-hydrogen) atoms. The fraction of sp³-hybridized carbons (Fsp3) is 0.259. The van der Waals surface area contributed by atoms with Crippen LogP contribution in [-0.2, 0) is 6.42 Å². The standard InChI is InChI=1S/C27H26O3/c1-28-25-13-7-12-23-22-15-14-20-18(17-30-19-9-4-3-5-10-19)8-6-11-21(20)24(22)16-26(29-2)27(23)25/h3-5,7,9-10,12-16,18H,6,8,11,17H2,1-2H3. The summed E-state index contributed by atoms with van der Waals surface area (Å²) >= 11 is 0. The van der Waals surface area contributed by atoms with Crippen molar-refractivity contribution in [1.82, 2.24) is 0 Å². The monoisotopic (exact) mass is 398 g/mol. The van der Waals surface area contributed by atoms with Gasteiger partial charge >= 0.3 is 0 Å². The van der Waals surface area contributed by atoms with Crippen molar-refractivity contribution in [3.8, 4) is 17.2 Å². The third-order valence-electron chi connectivity index (χ3n) is 6.28. The maximum Gasteiger partial charge on any atom is 0.131 e. The van der Waals surface area contributed by atoms with Crippen LogP contribution in [0, 0.1) is 0 Å². The van der Waals surface area contributed by atoms with Crippen molar-refractivity contribution < 1.29 is 14.2 Å². The molecular formula is C27H26O3. The Kier molecular flexibility index (Phi) is 4.96. The smallest absolute Gasteiger partial charge is 0.131 e. The zero-order valence-corrected chi connectivity index (χ0v) is 17.5. The Morgan fingerprint density at radius 3 is 2.43 bits per heavy atom. The molecule has 3 nitrogen and oxygen atoms in total. The molecule has 1 atom stereocenters. The van der Waals surface area contributed by atoms with Crippen LogP contribution >= 0.6 is 0 Å². The van der Waals surface area contributed by atoms with E-state index >= 15 is 0 Å². The number of ether oxygens (including phenoxy) is 3. The number of benzene rings is 4. The molecule has 0 aromatic heterocycles. The summed E-state index contributed by atoms with van der Waals surface area (Å²) < 4.78 is 17.5. The van der Waals surface area contributed by atoms with Gasteiger partial charge < -0.3 is 14.2 Å². The maximum absolute atomic E-state index is 6.12. The fourth-order valence-electron chi connectivity index (χ4n) is 4.85. The number of aryl methyl sites for hydroxylation is 1. The average Bonchev–Trinajstić information content (AvgIpc) is 2.82. The van der Waals surface area contributed by atoms with Crippen molar-refractivity contribution >= 4 is 21.5 Å². The van der Waals surface area contributed by atoms with E-state index in [4.69, 9.17) is 14.2 Å². The van der Waals surface area contributed by atoms with Crippen molar-refractivity contribution in [2.24, 2.45) is 0 Å². The lowest BCUT2D eigenvalue weighted by Crippen LogP contribution is -2.17. The van der Waals surface area contributed by atoms with Gasteiger partial charge in [0.25, 0.3) is 0 Å². The molecule has 1 aliphatic carbocycles. The maximum atomic E-state index is 6.12. The van der Waals surface area contributed by atoms with E-state index < -0.39 is 0 Å². The summed E-state index contributed by atoms with van der Waals surface area (Å²) in [6.07, 6.45) is 3.42. The van der Waals surface area contributed by atoms with Crippen molar-refractivity contribution in [3.63, 3.8) is 0 Å². The molecule has 1 unspecified atom stereocenters. The summed E-state index contributed by atoms with van der Waals surface area (Å²) in [5, 5.41) is 4.76.